The highest BCUT2D eigenvalue weighted by Crippen LogP contribution is 2.27. The Morgan fingerprint density at radius 1 is 1.13 bits per heavy atom. The molecule has 2 N–H and O–H groups in total. The third-order valence-electron chi connectivity index (χ3n) is 2.76. The zero-order chi connectivity index (χ0) is 16.8. The Kier molecular flexibility index (Phi) is 6.18. The number of thioether (sulfide) groups is 1. The van der Waals surface area contributed by atoms with Gasteiger partial charge in [-0.05, 0) is 30.3 Å². The topological polar surface area (TPSA) is 58.2 Å². The Balaban J connectivity index is 1.98. The van der Waals surface area contributed by atoms with Crippen molar-refractivity contribution in [3.63, 3.8) is 0 Å². The monoisotopic (exact) mass is 396 g/mol. The van der Waals surface area contributed by atoms with Crippen LogP contribution in [0.15, 0.2) is 51.8 Å². The van der Waals surface area contributed by atoms with Gasteiger partial charge in [0.2, 0.25) is 11.8 Å². The molecule has 0 fully saturated rings. The van der Waals surface area contributed by atoms with E-state index in [1.165, 1.54) is 30.8 Å². The second kappa shape index (κ2) is 8.12. The van der Waals surface area contributed by atoms with Crippen LogP contribution in [0, 0.1) is 5.82 Å². The number of carbonyl (C=O) groups is 2. The fourth-order valence-corrected chi connectivity index (χ4v) is 2.95. The summed E-state index contributed by atoms with van der Waals surface area (Å²) in [6, 6.07) is 11.6. The number of hydrogen-bond donors (Lipinski definition) is 2. The lowest BCUT2D eigenvalue weighted by Crippen LogP contribution is -2.15. The van der Waals surface area contributed by atoms with E-state index >= 15 is 0 Å². The molecule has 0 radical (unpaired) electrons. The number of para-hydroxylation sites is 1. The highest BCUT2D eigenvalue weighted by molar-refractivity contribution is 9.10. The number of halogens is 2. The maximum Gasteiger partial charge on any atom is 0.234 e. The molecule has 120 valence electrons. The number of amides is 2. The van der Waals surface area contributed by atoms with E-state index in [1.807, 2.05) is 12.1 Å². The Labute approximate surface area is 146 Å². The number of hydrogen-bond acceptors (Lipinski definition) is 3. The minimum Gasteiger partial charge on any atom is -0.325 e. The van der Waals surface area contributed by atoms with Gasteiger partial charge in [-0.25, -0.2) is 4.39 Å². The summed E-state index contributed by atoms with van der Waals surface area (Å²) < 4.78 is 14.3. The maximum atomic E-state index is 13.7. The molecule has 2 amide bonds. The van der Waals surface area contributed by atoms with Crippen LogP contribution >= 0.6 is 27.7 Å². The average molecular weight is 397 g/mol. The molecule has 7 heteroatoms. The van der Waals surface area contributed by atoms with Crippen LogP contribution in [0.5, 0.6) is 0 Å². The van der Waals surface area contributed by atoms with E-state index < -0.39 is 5.82 Å². The number of benzene rings is 2. The molecule has 0 aliphatic heterocycles. The number of carbonyl (C=O) groups excluding carboxylic acids is 2. The molecule has 0 aliphatic carbocycles. The van der Waals surface area contributed by atoms with E-state index in [4.69, 9.17) is 0 Å². The first-order chi connectivity index (χ1) is 11.0. The van der Waals surface area contributed by atoms with Crippen molar-refractivity contribution >= 4 is 50.9 Å². The summed E-state index contributed by atoms with van der Waals surface area (Å²) in [5, 5.41) is 5.23. The SMILES string of the molecule is CC(=O)Nc1ccccc1SCC(=O)Nc1ccc(Br)cc1F. The van der Waals surface area contributed by atoms with Crippen molar-refractivity contribution in [2.75, 3.05) is 16.4 Å². The highest BCUT2D eigenvalue weighted by atomic mass is 79.9. The van der Waals surface area contributed by atoms with Gasteiger partial charge in [0.15, 0.2) is 0 Å². The molecule has 23 heavy (non-hydrogen) atoms. The Morgan fingerprint density at radius 2 is 1.87 bits per heavy atom. The quantitative estimate of drug-likeness (QED) is 0.741. The van der Waals surface area contributed by atoms with Crippen molar-refractivity contribution in [2.45, 2.75) is 11.8 Å². The maximum absolute atomic E-state index is 13.7. The van der Waals surface area contributed by atoms with Crippen molar-refractivity contribution in [1.82, 2.24) is 0 Å². The number of anilines is 2. The molecule has 0 atom stereocenters. The van der Waals surface area contributed by atoms with Crippen LogP contribution in [0.2, 0.25) is 0 Å². The first kappa shape index (κ1) is 17.5. The van der Waals surface area contributed by atoms with Crippen LogP contribution in [0.4, 0.5) is 15.8 Å². The van der Waals surface area contributed by atoms with Crippen molar-refractivity contribution in [1.29, 1.82) is 0 Å². The van der Waals surface area contributed by atoms with E-state index in [9.17, 15) is 14.0 Å². The van der Waals surface area contributed by atoms with Gasteiger partial charge in [0.1, 0.15) is 5.82 Å². The molecule has 0 aromatic heterocycles. The van der Waals surface area contributed by atoms with Crippen molar-refractivity contribution in [3.05, 3.63) is 52.8 Å². The van der Waals surface area contributed by atoms with Gasteiger partial charge in [0.25, 0.3) is 0 Å². The van der Waals surface area contributed by atoms with Crippen LogP contribution in [0.1, 0.15) is 6.92 Å². The second-order valence-corrected chi connectivity index (χ2v) is 6.57. The lowest BCUT2D eigenvalue weighted by atomic mass is 10.3. The summed E-state index contributed by atoms with van der Waals surface area (Å²) in [5.74, 6) is -0.906. The molecule has 4 nitrogen and oxygen atoms in total. The molecule has 0 saturated heterocycles. The third kappa shape index (κ3) is 5.37. The molecule has 2 aromatic rings. The Morgan fingerprint density at radius 3 is 2.57 bits per heavy atom. The van der Waals surface area contributed by atoms with Crippen LogP contribution in [-0.4, -0.2) is 17.6 Å². The molecule has 0 heterocycles. The highest BCUT2D eigenvalue weighted by Gasteiger charge is 2.10. The predicted octanol–water partition coefficient (Wildman–Crippen LogP) is 4.28. The standard InChI is InChI=1S/C16H14BrFN2O2S/c1-10(21)19-14-4-2-3-5-15(14)23-9-16(22)20-13-7-6-11(17)8-12(13)18/h2-8H,9H2,1H3,(H,19,21)(H,20,22). The van der Waals surface area contributed by atoms with E-state index in [-0.39, 0.29) is 23.3 Å². The van der Waals surface area contributed by atoms with E-state index in [1.54, 1.807) is 18.2 Å². The van der Waals surface area contributed by atoms with Gasteiger partial charge in [-0.3, -0.25) is 9.59 Å². The van der Waals surface area contributed by atoms with Gasteiger partial charge in [0, 0.05) is 16.3 Å². The summed E-state index contributed by atoms with van der Waals surface area (Å²) >= 11 is 4.43. The van der Waals surface area contributed by atoms with E-state index in [0.717, 1.165) is 4.90 Å². The fourth-order valence-electron chi connectivity index (χ4n) is 1.81. The minimum absolute atomic E-state index is 0.103. The normalized spacial score (nSPS) is 10.2. The van der Waals surface area contributed by atoms with Gasteiger partial charge >= 0.3 is 0 Å². The van der Waals surface area contributed by atoms with Crippen molar-refractivity contribution in [2.24, 2.45) is 0 Å². The number of nitrogens with one attached hydrogen (secondary N) is 2. The molecule has 0 spiro atoms. The minimum atomic E-state index is -0.503. The van der Waals surface area contributed by atoms with Gasteiger partial charge in [-0.2, -0.15) is 0 Å². The van der Waals surface area contributed by atoms with Crippen LogP contribution in [0.3, 0.4) is 0 Å². The molecule has 0 saturated carbocycles. The summed E-state index contributed by atoms with van der Waals surface area (Å²) in [6.45, 7) is 1.42. The lowest BCUT2D eigenvalue weighted by molar-refractivity contribution is -0.114. The largest absolute Gasteiger partial charge is 0.325 e. The van der Waals surface area contributed by atoms with Crippen LogP contribution in [-0.2, 0) is 9.59 Å². The summed E-state index contributed by atoms with van der Waals surface area (Å²) in [4.78, 5) is 23.9. The van der Waals surface area contributed by atoms with Crippen LogP contribution < -0.4 is 10.6 Å². The first-order valence-corrected chi connectivity index (χ1v) is 8.48. The summed E-state index contributed by atoms with van der Waals surface area (Å²) in [5.41, 5.74) is 0.779. The molecule has 2 rings (SSSR count). The van der Waals surface area contributed by atoms with Gasteiger partial charge in [-0.15, -0.1) is 11.8 Å². The molecule has 0 unspecified atom stereocenters. The zero-order valence-corrected chi connectivity index (χ0v) is 14.6. The summed E-state index contributed by atoms with van der Waals surface area (Å²) in [7, 11) is 0. The zero-order valence-electron chi connectivity index (χ0n) is 12.2. The summed E-state index contributed by atoms with van der Waals surface area (Å²) in [6.07, 6.45) is 0. The van der Waals surface area contributed by atoms with E-state index in [2.05, 4.69) is 26.6 Å². The van der Waals surface area contributed by atoms with Gasteiger partial charge < -0.3 is 10.6 Å². The molecule has 0 aliphatic rings. The smallest absolute Gasteiger partial charge is 0.234 e. The molecule has 0 bridgehead atoms. The Bertz CT molecular complexity index is 740. The van der Waals surface area contributed by atoms with Gasteiger partial charge in [0.05, 0.1) is 17.1 Å². The Hall–Kier alpha value is -1.86. The molecule has 2 aromatic carbocycles. The fraction of sp³-hybridized carbons (Fsp3) is 0.125. The van der Waals surface area contributed by atoms with Crippen molar-refractivity contribution < 1.29 is 14.0 Å². The van der Waals surface area contributed by atoms with Gasteiger partial charge in [-0.1, -0.05) is 28.1 Å². The van der Waals surface area contributed by atoms with Crippen molar-refractivity contribution in [3.8, 4) is 0 Å². The molecular weight excluding hydrogens is 383 g/mol. The lowest BCUT2D eigenvalue weighted by Gasteiger charge is -2.10. The van der Waals surface area contributed by atoms with E-state index in [0.29, 0.717) is 10.2 Å². The predicted molar refractivity (Wildman–Crippen MR) is 94.2 cm³/mol. The third-order valence-corrected chi connectivity index (χ3v) is 4.33. The first-order valence-electron chi connectivity index (χ1n) is 6.70. The average Bonchev–Trinajstić information content (AvgIpc) is 2.49. The second-order valence-electron chi connectivity index (χ2n) is 4.64. The molecular formula is C16H14BrFN2O2S. The number of rotatable bonds is 5. The van der Waals surface area contributed by atoms with Crippen LogP contribution in [0.25, 0.3) is 0 Å².